The summed E-state index contributed by atoms with van der Waals surface area (Å²) < 4.78 is 0. The predicted octanol–water partition coefficient (Wildman–Crippen LogP) is 2.85. The van der Waals surface area contributed by atoms with Gasteiger partial charge in [-0.05, 0) is 29.8 Å². The molecule has 0 saturated carbocycles. The number of halogens is 1. The van der Waals surface area contributed by atoms with E-state index in [2.05, 4.69) is 15.6 Å². The molecule has 1 aromatic carbocycles. The van der Waals surface area contributed by atoms with Gasteiger partial charge >= 0.3 is 0 Å². The number of carbonyl (C=O) groups excluding carboxylic acids is 1. The Morgan fingerprint density at radius 1 is 1.25 bits per heavy atom. The van der Waals surface area contributed by atoms with Crippen LogP contribution in [0.15, 0.2) is 48.8 Å². The van der Waals surface area contributed by atoms with Gasteiger partial charge in [-0.1, -0.05) is 23.7 Å². The van der Waals surface area contributed by atoms with Crippen molar-refractivity contribution in [2.24, 2.45) is 0 Å². The van der Waals surface area contributed by atoms with E-state index in [1.54, 1.807) is 12.4 Å². The van der Waals surface area contributed by atoms with Gasteiger partial charge in [0.05, 0.1) is 0 Å². The summed E-state index contributed by atoms with van der Waals surface area (Å²) in [6.45, 7) is 1.07. The second-order valence-corrected chi connectivity index (χ2v) is 4.76. The van der Waals surface area contributed by atoms with Crippen LogP contribution in [-0.4, -0.2) is 17.4 Å². The van der Waals surface area contributed by atoms with Crippen molar-refractivity contribution in [3.63, 3.8) is 0 Å². The second-order valence-electron chi connectivity index (χ2n) is 4.33. The van der Waals surface area contributed by atoms with Crippen LogP contribution in [-0.2, 0) is 11.3 Å². The third-order valence-corrected chi connectivity index (χ3v) is 2.95. The van der Waals surface area contributed by atoms with E-state index in [9.17, 15) is 4.79 Å². The Morgan fingerprint density at radius 2 is 2.15 bits per heavy atom. The average Bonchev–Trinajstić information content (AvgIpc) is 2.46. The summed E-state index contributed by atoms with van der Waals surface area (Å²) in [4.78, 5) is 15.7. The highest BCUT2D eigenvalue weighted by atomic mass is 35.5. The predicted molar refractivity (Wildman–Crippen MR) is 80.6 cm³/mol. The van der Waals surface area contributed by atoms with Crippen molar-refractivity contribution in [3.8, 4) is 0 Å². The highest BCUT2D eigenvalue weighted by Gasteiger charge is 2.01. The van der Waals surface area contributed by atoms with E-state index in [1.165, 1.54) is 0 Å². The van der Waals surface area contributed by atoms with Crippen LogP contribution < -0.4 is 10.6 Å². The first kappa shape index (κ1) is 14.3. The van der Waals surface area contributed by atoms with Crippen LogP contribution in [0.25, 0.3) is 0 Å². The number of aromatic nitrogens is 1. The Morgan fingerprint density at radius 3 is 2.90 bits per heavy atom. The molecular formula is C15H16ClN3O. The standard InChI is InChI=1S/C15H16ClN3O/c16-13-4-1-5-14(9-13)18-8-6-15(20)19-11-12-3-2-7-17-10-12/h1-5,7,9-10,18H,6,8,11H2,(H,19,20). The molecule has 0 fully saturated rings. The molecule has 2 N–H and O–H groups in total. The zero-order valence-electron chi connectivity index (χ0n) is 11.0. The minimum absolute atomic E-state index is 0.00313. The van der Waals surface area contributed by atoms with Crippen molar-refractivity contribution < 1.29 is 4.79 Å². The maximum atomic E-state index is 11.7. The summed E-state index contributed by atoms with van der Waals surface area (Å²) in [5.41, 5.74) is 1.90. The highest BCUT2D eigenvalue weighted by Crippen LogP contribution is 2.14. The van der Waals surface area contributed by atoms with Crippen molar-refractivity contribution >= 4 is 23.2 Å². The zero-order chi connectivity index (χ0) is 14.2. The quantitative estimate of drug-likeness (QED) is 0.860. The lowest BCUT2D eigenvalue weighted by molar-refractivity contribution is -0.121. The minimum atomic E-state index is 0.00313. The number of hydrogen-bond acceptors (Lipinski definition) is 3. The first-order valence-corrected chi connectivity index (χ1v) is 6.77. The molecule has 0 bridgehead atoms. The van der Waals surface area contributed by atoms with E-state index in [-0.39, 0.29) is 5.91 Å². The largest absolute Gasteiger partial charge is 0.384 e. The highest BCUT2D eigenvalue weighted by molar-refractivity contribution is 6.30. The van der Waals surface area contributed by atoms with Gasteiger partial charge in [0.2, 0.25) is 5.91 Å². The molecule has 0 atom stereocenters. The number of anilines is 1. The van der Waals surface area contributed by atoms with Gasteiger partial charge in [-0.2, -0.15) is 0 Å². The van der Waals surface area contributed by atoms with Gasteiger partial charge in [-0.3, -0.25) is 9.78 Å². The van der Waals surface area contributed by atoms with Crippen molar-refractivity contribution in [2.75, 3.05) is 11.9 Å². The van der Waals surface area contributed by atoms with Crippen LogP contribution in [0.2, 0.25) is 5.02 Å². The zero-order valence-corrected chi connectivity index (χ0v) is 11.7. The smallest absolute Gasteiger partial charge is 0.222 e. The summed E-state index contributed by atoms with van der Waals surface area (Å²) in [7, 11) is 0. The molecule has 1 aromatic heterocycles. The summed E-state index contributed by atoms with van der Waals surface area (Å²) in [5, 5.41) is 6.69. The van der Waals surface area contributed by atoms with Crippen LogP contribution >= 0.6 is 11.6 Å². The Bertz CT molecular complexity index is 560. The molecule has 4 nitrogen and oxygen atoms in total. The minimum Gasteiger partial charge on any atom is -0.384 e. The van der Waals surface area contributed by atoms with Crippen LogP contribution in [0.4, 0.5) is 5.69 Å². The third-order valence-electron chi connectivity index (χ3n) is 2.72. The Hall–Kier alpha value is -2.07. The maximum Gasteiger partial charge on any atom is 0.222 e. The van der Waals surface area contributed by atoms with Gasteiger partial charge in [-0.25, -0.2) is 0 Å². The number of hydrogen-bond donors (Lipinski definition) is 2. The van der Waals surface area contributed by atoms with E-state index in [0.717, 1.165) is 11.3 Å². The lowest BCUT2D eigenvalue weighted by Crippen LogP contribution is -2.24. The average molecular weight is 290 g/mol. The molecule has 0 aliphatic rings. The molecule has 2 rings (SSSR count). The van der Waals surface area contributed by atoms with Gasteiger partial charge in [0, 0.05) is 42.6 Å². The number of nitrogens with zero attached hydrogens (tertiary/aromatic N) is 1. The molecule has 0 aliphatic carbocycles. The van der Waals surface area contributed by atoms with Gasteiger partial charge < -0.3 is 10.6 Å². The van der Waals surface area contributed by atoms with Crippen molar-refractivity contribution in [3.05, 3.63) is 59.4 Å². The first-order valence-electron chi connectivity index (χ1n) is 6.39. The summed E-state index contributed by atoms with van der Waals surface area (Å²) in [5.74, 6) is 0.00313. The number of benzene rings is 1. The van der Waals surface area contributed by atoms with Crippen LogP contribution in [0.3, 0.4) is 0 Å². The fraction of sp³-hybridized carbons (Fsp3) is 0.200. The monoisotopic (exact) mass is 289 g/mol. The number of nitrogens with one attached hydrogen (secondary N) is 2. The third kappa shape index (κ3) is 4.90. The van der Waals surface area contributed by atoms with Gasteiger partial charge in [0.15, 0.2) is 0 Å². The second kappa shape index (κ2) is 7.50. The van der Waals surface area contributed by atoms with E-state index in [0.29, 0.717) is 24.5 Å². The van der Waals surface area contributed by atoms with Crippen molar-refractivity contribution in [2.45, 2.75) is 13.0 Å². The lowest BCUT2D eigenvalue weighted by atomic mass is 10.2. The molecule has 0 unspecified atom stereocenters. The molecule has 0 spiro atoms. The SMILES string of the molecule is O=C(CCNc1cccc(Cl)c1)NCc1cccnc1. The topological polar surface area (TPSA) is 54.0 Å². The number of pyridine rings is 1. The first-order chi connectivity index (χ1) is 9.74. The number of amides is 1. The fourth-order valence-corrected chi connectivity index (χ4v) is 1.90. The molecule has 1 amide bonds. The Balaban J connectivity index is 1.68. The molecule has 20 heavy (non-hydrogen) atoms. The van der Waals surface area contributed by atoms with Gasteiger partial charge in [0.1, 0.15) is 0 Å². The van der Waals surface area contributed by atoms with Crippen molar-refractivity contribution in [1.29, 1.82) is 0 Å². The molecule has 0 radical (unpaired) electrons. The van der Waals surface area contributed by atoms with Crippen LogP contribution in [0.5, 0.6) is 0 Å². The molecule has 5 heteroatoms. The Labute approximate surface area is 123 Å². The van der Waals surface area contributed by atoms with Gasteiger partial charge in [0.25, 0.3) is 0 Å². The van der Waals surface area contributed by atoms with E-state index >= 15 is 0 Å². The fourth-order valence-electron chi connectivity index (χ4n) is 1.71. The Kier molecular flexibility index (Phi) is 5.38. The lowest BCUT2D eigenvalue weighted by Gasteiger charge is -2.07. The number of carbonyl (C=O) groups is 1. The molecular weight excluding hydrogens is 274 g/mol. The normalized spacial score (nSPS) is 10.1. The van der Waals surface area contributed by atoms with E-state index < -0.39 is 0 Å². The van der Waals surface area contributed by atoms with Crippen molar-refractivity contribution in [1.82, 2.24) is 10.3 Å². The molecule has 1 heterocycles. The molecule has 104 valence electrons. The molecule has 0 saturated heterocycles. The molecule has 0 aliphatic heterocycles. The van der Waals surface area contributed by atoms with Gasteiger partial charge in [-0.15, -0.1) is 0 Å². The number of rotatable bonds is 6. The maximum absolute atomic E-state index is 11.7. The van der Waals surface area contributed by atoms with Crippen LogP contribution in [0, 0.1) is 0 Å². The summed E-state index contributed by atoms with van der Waals surface area (Å²) in [6, 6.07) is 11.2. The molecule has 2 aromatic rings. The van der Waals surface area contributed by atoms with E-state index in [4.69, 9.17) is 11.6 Å². The van der Waals surface area contributed by atoms with E-state index in [1.807, 2.05) is 36.4 Å². The summed E-state index contributed by atoms with van der Waals surface area (Å²) >= 11 is 5.88. The van der Waals surface area contributed by atoms with Crippen LogP contribution in [0.1, 0.15) is 12.0 Å². The summed E-state index contributed by atoms with van der Waals surface area (Å²) in [6.07, 6.45) is 3.86.